The lowest BCUT2D eigenvalue weighted by Crippen LogP contribution is -1.94. The van der Waals surface area contributed by atoms with Gasteiger partial charge in [-0.15, -0.1) is 5.10 Å². The van der Waals surface area contributed by atoms with Crippen LogP contribution in [0.15, 0.2) is 53.8 Å². The molecule has 1 aromatic heterocycles. The molecule has 0 bridgehead atoms. The minimum Gasteiger partial charge on any atom is -0.278 e. The Morgan fingerprint density at radius 2 is 1.65 bits per heavy atom. The molecule has 116 valence electrons. The van der Waals surface area contributed by atoms with E-state index in [4.69, 9.17) is 34.8 Å². The van der Waals surface area contributed by atoms with Gasteiger partial charge in [-0.3, -0.25) is 5.43 Å². The van der Waals surface area contributed by atoms with E-state index in [2.05, 4.69) is 20.8 Å². The molecule has 1 N–H and O–H groups in total. The fourth-order valence-electron chi connectivity index (χ4n) is 1.83. The van der Waals surface area contributed by atoms with E-state index in [9.17, 15) is 0 Å². The third-order valence-corrected chi connectivity index (χ3v) is 3.55. The predicted octanol–water partition coefficient (Wildman–Crippen LogP) is 4.67. The minimum absolute atomic E-state index is 0.530. The smallest absolute Gasteiger partial charge is 0.126 e. The summed E-state index contributed by atoms with van der Waals surface area (Å²) in [6.45, 7) is 0. The molecular weight excluding hydrogens is 357 g/mol. The zero-order chi connectivity index (χ0) is 16.2. The van der Waals surface area contributed by atoms with Gasteiger partial charge in [-0.1, -0.05) is 40.0 Å². The Morgan fingerprint density at radius 1 is 0.957 bits per heavy atom. The van der Waals surface area contributed by atoms with Crippen molar-refractivity contribution in [1.29, 1.82) is 0 Å². The number of hydrazone groups is 1. The van der Waals surface area contributed by atoms with Crippen molar-refractivity contribution in [2.24, 2.45) is 5.10 Å². The molecule has 0 unspecified atom stereocenters. The number of nitrogens with one attached hydrogen (secondary N) is 1. The summed E-state index contributed by atoms with van der Waals surface area (Å²) in [5, 5.41) is 13.9. The van der Waals surface area contributed by atoms with Gasteiger partial charge in [-0.25, -0.2) is 4.68 Å². The summed E-state index contributed by atoms with van der Waals surface area (Å²) in [4.78, 5) is 0. The zero-order valence-electron chi connectivity index (χ0n) is 11.6. The second-order valence-electron chi connectivity index (χ2n) is 4.59. The van der Waals surface area contributed by atoms with Gasteiger partial charge in [0.15, 0.2) is 0 Å². The van der Waals surface area contributed by atoms with Gasteiger partial charge in [0.05, 0.1) is 23.8 Å². The maximum atomic E-state index is 5.98. The summed E-state index contributed by atoms with van der Waals surface area (Å²) in [5.41, 5.74) is 5.01. The highest BCUT2D eigenvalue weighted by Crippen LogP contribution is 2.21. The second-order valence-corrected chi connectivity index (χ2v) is 5.90. The Labute approximate surface area is 147 Å². The molecule has 0 amide bonds. The van der Waals surface area contributed by atoms with E-state index < -0.39 is 0 Å². The number of benzene rings is 2. The molecular formula is C15H10Cl3N5. The summed E-state index contributed by atoms with van der Waals surface area (Å²) in [5.74, 6) is 0. The maximum absolute atomic E-state index is 5.98. The molecule has 0 aliphatic carbocycles. The highest BCUT2D eigenvalue weighted by atomic mass is 35.5. The maximum Gasteiger partial charge on any atom is 0.126 e. The number of nitrogens with zero attached hydrogens (tertiary/aromatic N) is 4. The normalized spacial score (nSPS) is 11.1. The van der Waals surface area contributed by atoms with Crippen molar-refractivity contribution < 1.29 is 0 Å². The van der Waals surface area contributed by atoms with Crippen LogP contribution in [-0.4, -0.2) is 21.2 Å². The molecule has 0 aliphatic heterocycles. The van der Waals surface area contributed by atoms with E-state index in [0.29, 0.717) is 20.8 Å². The Balaban J connectivity index is 1.71. The lowest BCUT2D eigenvalue weighted by molar-refractivity contribution is 0.803. The van der Waals surface area contributed by atoms with Crippen molar-refractivity contribution in [3.05, 3.63) is 69.4 Å². The molecule has 8 heteroatoms. The Hall–Kier alpha value is -2.08. The van der Waals surface area contributed by atoms with Gasteiger partial charge in [-0.05, 0) is 42.5 Å². The number of aromatic nitrogens is 3. The van der Waals surface area contributed by atoms with Gasteiger partial charge in [0.25, 0.3) is 0 Å². The van der Waals surface area contributed by atoms with Gasteiger partial charge in [0.2, 0.25) is 0 Å². The largest absolute Gasteiger partial charge is 0.278 e. The van der Waals surface area contributed by atoms with Crippen LogP contribution in [0.2, 0.25) is 15.1 Å². The average Bonchev–Trinajstić information content (AvgIpc) is 2.97. The molecule has 0 spiro atoms. The van der Waals surface area contributed by atoms with Crippen molar-refractivity contribution in [3.63, 3.8) is 0 Å². The molecule has 0 saturated carbocycles. The van der Waals surface area contributed by atoms with Crippen LogP contribution in [-0.2, 0) is 0 Å². The lowest BCUT2D eigenvalue weighted by atomic mass is 10.3. The van der Waals surface area contributed by atoms with E-state index in [0.717, 1.165) is 11.4 Å². The molecule has 5 nitrogen and oxygen atoms in total. The quantitative estimate of drug-likeness (QED) is 0.539. The standard InChI is InChI=1S/C15H10Cl3N5/c16-10-1-3-13(4-2-10)20-19-8-14-9-23(22-21-14)15-6-11(17)5-12(18)7-15/h1-9,20H/b19-8+. The van der Waals surface area contributed by atoms with E-state index in [1.165, 1.54) is 0 Å². The Morgan fingerprint density at radius 3 is 2.35 bits per heavy atom. The van der Waals surface area contributed by atoms with E-state index in [1.807, 2.05) is 12.1 Å². The Kier molecular flexibility index (Phi) is 4.81. The molecule has 0 atom stereocenters. The van der Waals surface area contributed by atoms with Gasteiger partial charge < -0.3 is 0 Å². The van der Waals surface area contributed by atoms with Gasteiger partial charge in [0.1, 0.15) is 5.69 Å². The zero-order valence-corrected chi connectivity index (χ0v) is 13.9. The Bertz CT molecular complexity index is 822. The molecule has 0 aliphatic rings. The highest BCUT2D eigenvalue weighted by molar-refractivity contribution is 6.34. The summed E-state index contributed by atoms with van der Waals surface area (Å²) >= 11 is 17.8. The number of halogens is 3. The van der Waals surface area contributed by atoms with Crippen LogP contribution in [0.3, 0.4) is 0 Å². The molecule has 0 saturated heterocycles. The summed E-state index contributed by atoms with van der Waals surface area (Å²) < 4.78 is 1.57. The first-order valence-electron chi connectivity index (χ1n) is 6.53. The van der Waals surface area contributed by atoms with Crippen LogP contribution in [0.5, 0.6) is 0 Å². The van der Waals surface area contributed by atoms with Gasteiger partial charge in [-0.2, -0.15) is 5.10 Å². The van der Waals surface area contributed by atoms with E-state index >= 15 is 0 Å². The van der Waals surface area contributed by atoms with Crippen LogP contribution >= 0.6 is 34.8 Å². The van der Waals surface area contributed by atoms with Crippen LogP contribution < -0.4 is 5.43 Å². The summed E-state index contributed by atoms with van der Waals surface area (Å²) in [6, 6.07) is 12.3. The van der Waals surface area contributed by atoms with Crippen LogP contribution in [0.4, 0.5) is 5.69 Å². The molecule has 3 rings (SSSR count). The SMILES string of the molecule is Clc1ccc(N/N=C/c2cn(-c3cc(Cl)cc(Cl)c3)nn2)cc1. The first kappa shape index (κ1) is 15.8. The summed E-state index contributed by atoms with van der Waals surface area (Å²) in [7, 11) is 0. The molecule has 0 fully saturated rings. The number of hydrogen-bond acceptors (Lipinski definition) is 4. The van der Waals surface area contributed by atoms with Crippen LogP contribution in [0.25, 0.3) is 5.69 Å². The number of hydrogen-bond donors (Lipinski definition) is 1. The molecule has 23 heavy (non-hydrogen) atoms. The number of rotatable bonds is 4. The molecule has 3 aromatic rings. The highest BCUT2D eigenvalue weighted by Gasteiger charge is 2.04. The van der Waals surface area contributed by atoms with Gasteiger partial charge >= 0.3 is 0 Å². The first-order valence-corrected chi connectivity index (χ1v) is 7.67. The van der Waals surface area contributed by atoms with Crippen molar-refractivity contribution >= 4 is 46.7 Å². The lowest BCUT2D eigenvalue weighted by Gasteiger charge is -2.01. The molecule has 1 heterocycles. The topological polar surface area (TPSA) is 55.1 Å². The van der Waals surface area contributed by atoms with Crippen molar-refractivity contribution in [3.8, 4) is 5.69 Å². The fraction of sp³-hybridized carbons (Fsp3) is 0. The minimum atomic E-state index is 0.530. The first-order chi connectivity index (χ1) is 11.1. The van der Waals surface area contributed by atoms with Crippen LogP contribution in [0, 0.1) is 0 Å². The molecule has 0 radical (unpaired) electrons. The van der Waals surface area contributed by atoms with E-state index in [-0.39, 0.29) is 0 Å². The average molecular weight is 367 g/mol. The fourth-order valence-corrected chi connectivity index (χ4v) is 2.47. The third kappa shape index (κ3) is 4.22. The van der Waals surface area contributed by atoms with Crippen molar-refractivity contribution in [2.45, 2.75) is 0 Å². The van der Waals surface area contributed by atoms with E-state index in [1.54, 1.807) is 47.4 Å². The monoisotopic (exact) mass is 365 g/mol. The summed E-state index contributed by atoms with van der Waals surface area (Å²) in [6.07, 6.45) is 3.28. The van der Waals surface area contributed by atoms with Crippen LogP contribution in [0.1, 0.15) is 5.69 Å². The van der Waals surface area contributed by atoms with Crippen molar-refractivity contribution in [1.82, 2.24) is 15.0 Å². The predicted molar refractivity (Wildman–Crippen MR) is 94.0 cm³/mol. The number of anilines is 1. The molecule has 2 aromatic carbocycles. The van der Waals surface area contributed by atoms with Gasteiger partial charge in [0, 0.05) is 15.1 Å². The third-order valence-electron chi connectivity index (χ3n) is 2.86. The van der Waals surface area contributed by atoms with Crippen molar-refractivity contribution in [2.75, 3.05) is 5.43 Å². The second kappa shape index (κ2) is 7.00.